The second-order valence-corrected chi connectivity index (χ2v) is 6.72. The van der Waals surface area contributed by atoms with Crippen molar-refractivity contribution < 1.29 is 21.9 Å². The average Bonchev–Trinajstić information content (AvgIpc) is 3.00. The lowest BCUT2D eigenvalue weighted by molar-refractivity contribution is -0.118. The van der Waals surface area contributed by atoms with Gasteiger partial charge in [0.05, 0.1) is 17.6 Å². The fourth-order valence-corrected chi connectivity index (χ4v) is 3.19. The van der Waals surface area contributed by atoms with Gasteiger partial charge in [-0.3, -0.25) is 4.79 Å². The van der Waals surface area contributed by atoms with Gasteiger partial charge in [0.1, 0.15) is 11.6 Å². The standard InChI is InChI=1S/C22H27N3O2.ClH/c1-17-9-3-6-12-21(17)27-16-8-7-15-25-20-11-5-4-10-19(20)24-22(25)13-14-23-18(2)26;/h3-6,9-12H,7-8,13-16H2,1-2H3,(H,23,26);1H/p-1. The summed E-state index contributed by atoms with van der Waals surface area (Å²) in [5, 5.41) is 2.85. The van der Waals surface area contributed by atoms with Gasteiger partial charge in [0.25, 0.3) is 0 Å². The van der Waals surface area contributed by atoms with Crippen LogP contribution in [0.1, 0.15) is 31.2 Å². The SMILES string of the molecule is CC(=O)NCCc1nc2ccccc2n1CCCCOc1ccccc1C.[Cl-]. The molecule has 150 valence electrons. The Kier molecular flexibility index (Phi) is 8.33. The third-order valence-electron chi connectivity index (χ3n) is 4.58. The highest BCUT2D eigenvalue weighted by atomic mass is 35.5. The van der Waals surface area contributed by atoms with E-state index < -0.39 is 0 Å². The molecule has 0 bridgehead atoms. The zero-order valence-electron chi connectivity index (χ0n) is 16.5. The second-order valence-electron chi connectivity index (χ2n) is 6.72. The molecule has 0 unspecified atom stereocenters. The Morgan fingerprint density at radius 2 is 1.86 bits per heavy atom. The van der Waals surface area contributed by atoms with Gasteiger partial charge in [-0.2, -0.15) is 0 Å². The monoisotopic (exact) mass is 400 g/mol. The molecule has 3 aromatic rings. The van der Waals surface area contributed by atoms with Crippen LogP contribution >= 0.6 is 0 Å². The molecule has 0 saturated heterocycles. The van der Waals surface area contributed by atoms with Crippen molar-refractivity contribution in [2.45, 2.75) is 39.7 Å². The van der Waals surface area contributed by atoms with Gasteiger partial charge < -0.3 is 27.0 Å². The van der Waals surface area contributed by atoms with E-state index in [-0.39, 0.29) is 18.3 Å². The highest BCUT2D eigenvalue weighted by Crippen LogP contribution is 2.19. The second kappa shape index (κ2) is 10.7. The van der Waals surface area contributed by atoms with E-state index in [1.54, 1.807) is 0 Å². The van der Waals surface area contributed by atoms with Crippen molar-refractivity contribution in [2.24, 2.45) is 0 Å². The van der Waals surface area contributed by atoms with Gasteiger partial charge in [-0.05, 0) is 43.5 Å². The largest absolute Gasteiger partial charge is 1.00 e. The Morgan fingerprint density at radius 3 is 2.64 bits per heavy atom. The molecule has 0 aliphatic rings. The van der Waals surface area contributed by atoms with Crippen LogP contribution in [0.4, 0.5) is 0 Å². The van der Waals surface area contributed by atoms with Crippen molar-refractivity contribution in [3.8, 4) is 5.75 Å². The summed E-state index contributed by atoms with van der Waals surface area (Å²) in [5.74, 6) is 1.97. The molecule has 28 heavy (non-hydrogen) atoms. The van der Waals surface area contributed by atoms with Crippen LogP contribution in [0.3, 0.4) is 0 Å². The number of hydrogen-bond donors (Lipinski definition) is 1. The number of hydrogen-bond acceptors (Lipinski definition) is 3. The van der Waals surface area contributed by atoms with Gasteiger partial charge in [-0.25, -0.2) is 4.98 Å². The number of imidazole rings is 1. The Hall–Kier alpha value is -2.53. The number of rotatable bonds is 9. The van der Waals surface area contributed by atoms with Crippen molar-refractivity contribution in [3.05, 3.63) is 59.9 Å². The maximum atomic E-state index is 11.1. The average molecular weight is 401 g/mol. The van der Waals surface area contributed by atoms with E-state index in [1.165, 1.54) is 12.5 Å². The number of unbranched alkanes of at least 4 members (excludes halogenated alkanes) is 1. The molecule has 0 radical (unpaired) electrons. The third kappa shape index (κ3) is 5.73. The smallest absolute Gasteiger partial charge is 0.216 e. The number of nitrogens with one attached hydrogen (secondary N) is 1. The number of aromatic nitrogens is 2. The zero-order valence-corrected chi connectivity index (χ0v) is 17.2. The van der Waals surface area contributed by atoms with Gasteiger partial charge in [0, 0.05) is 26.4 Å². The number of benzene rings is 2. The quantitative estimate of drug-likeness (QED) is 0.543. The van der Waals surface area contributed by atoms with E-state index in [4.69, 9.17) is 9.72 Å². The number of fused-ring (bicyclic) bond motifs is 1. The molecule has 0 atom stereocenters. The Morgan fingerprint density at radius 1 is 1.11 bits per heavy atom. The minimum atomic E-state index is -0.00832. The number of carbonyl (C=O) groups excluding carboxylic acids is 1. The molecule has 0 aliphatic heterocycles. The van der Waals surface area contributed by atoms with Gasteiger partial charge in [0.15, 0.2) is 0 Å². The molecule has 0 spiro atoms. The van der Waals surface area contributed by atoms with E-state index in [2.05, 4.69) is 28.9 Å². The van der Waals surface area contributed by atoms with E-state index >= 15 is 0 Å². The van der Waals surface area contributed by atoms with Crippen molar-refractivity contribution in [1.82, 2.24) is 14.9 Å². The molecular formula is C22H27ClN3O2-. The minimum Gasteiger partial charge on any atom is -1.00 e. The van der Waals surface area contributed by atoms with Crippen LogP contribution in [0.5, 0.6) is 5.75 Å². The molecule has 3 rings (SSSR count). The van der Waals surface area contributed by atoms with E-state index in [9.17, 15) is 4.79 Å². The summed E-state index contributed by atoms with van der Waals surface area (Å²) in [7, 11) is 0. The van der Waals surface area contributed by atoms with Crippen LogP contribution < -0.4 is 22.5 Å². The molecule has 1 heterocycles. The number of halogens is 1. The summed E-state index contributed by atoms with van der Waals surface area (Å²) < 4.78 is 8.16. The number of para-hydroxylation sites is 3. The predicted octanol–water partition coefficient (Wildman–Crippen LogP) is 0.887. The lowest BCUT2D eigenvalue weighted by Crippen LogP contribution is -3.00. The molecule has 0 fully saturated rings. The summed E-state index contributed by atoms with van der Waals surface area (Å²) >= 11 is 0. The maximum absolute atomic E-state index is 11.1. The summed E-state index contributed by atoms with van der Waals surface area (Å²) in [4.78, 5) is 15.9. The first-order valence-corrected chi connectivity index (χ1v) is 9.52. The first-order valence-electron chi connectivity index (χ1n) is 9.52. The van der Waals surface area contributed by atoms with Crippen molar-refractivity contribution in [2.75, 3.05) is 13.2 Å². The molecule has 6 heteroatoms. The predicted molar refractivity (Wildman–Crippen MR) is 108 cm³/mol. The Balaban J connectivity index is 0.00000280. The molecule has 1 aromatic heterocycles. The van der Waals surface area contributed by atoms with Gasteiger partial charge in [-0.1, -0.05) is 30.3 Å². The van der Waals surface area contributed by atoms with E-state index in [0.29, 0.717) is 13.2 Å². The molecular weight excluding hydrogens is 374 g/mol. The van der Waals surface area contributed by atoms with Crippen LogP contribution in [0.2, 0.25) is 0 Å². The number of amides is 1. The van der Waals surface area contributed by atoms with E-state index in [0.717, 1.165) is 48.4 Å². The first-order chi connectivity index (χ1) is 13.1. The maximum Gasteiger partial charge on any atom is 0.216 e. The zero-order chi connectivity index (χ0) is 19.1. The van der Waals surface area contributed by atoms with Gasteiger partial charge in [-0.15, -0.1) is 0 Å². The third-order valence-corrected chi connectivity index (χ3v) is 4.58. The summed E-state index contributed by atoms with van der Waals surface area (Å²) in [6.07, 6.45) is 2.72. The molecule has 1 amide bonds. The van der Waals surface area contributed by atoms with Crippen LogP contribution in [0, 0.1) is 6.92 Å². The molecule has 5 nitrogen and oxygen atoms in total. The number of carbonyl (C=O) groups is 1. The van der Waals surface area contributed by atoms with E-state index in [1.807, 2.05) is 36.4 Å². The fraction of sp³-hybridized carbons (Fsp3) is 0.364. The van der Waals surface area contributed by atoms with Crippen LogP contribution in [0.15, 0.2) is 48.5 Å². The summed E-state index contributed by atoms with van der Waals surface area (Å²) in [6, 6.07) is 16.3. The van der Waals surface area contributed by atoms with Crippen molar-refractivity contribution >= 4 is 16.9 Å². The number of nitrogens with zero attached hydrogens (tertiary/aromatic N) is 2. The summed E-state index contributed by atoms with van der Waals surface area (Å²) in [5.41, 5.74) is 3.32. The van der Waals surface area contributed by atoms with Crippen molar-refractivity contribution in [3.63, 3.8) is 0 Å². The number of ether oxygens (including phenoxy) is 1. The van der Waals surface area contributed by atoms with Crippen LogP contribution in [0.25, 0.3) is 11.0 Å². The van der Waals surface area contributed by atoms with Gasteiger partial charge >= 0.3 is 0 Å². The van der Waals surface area contributed by atoms with Crippen molar-refractivity contribution in [1.29, 1.82) is 0 Å². The lowest BCUT2D eigenvalue weighted by Gasteiger charge is -2.11. The molecule has 0 saturated carbocycles. The summed E-state index contributed by atoms with van der Waals surface area (Å²) in [6.45, 7) is 5.81. The molecule has 2 aromatic carbocycles. The van der Waals surface area contributed by atoms with Crippen LogP contribution in [-0.4, -0.2) is 28.6 Å². The lowest BCUT2D eigenvalue weighted by atomic mass is 10.2. The molecule has 0 aliphatic carbocycles. The topological polar surface area (TPSA) is 56.2 Å². The highest BCUT2D eigenvalue weighted by molar-refractivity contribution is 5.76. The molecule has 1 N–H and O–H groups in total. The normalized spacial score (nSPS) is 10.5. The highest BCUT2D eigenvalue weighted by Gasteiger charge is 2.10. The van der Waals surface area contributed by atoms with Gasteiger partial charge in [0.2, 0.25) is 5.91 Å². The minimum absolute atomic E-state index is 0. The Bertz CT molecular complexity index is 908. The van der Waals surface area contributed by atoms with Crippen LogP contribution in [-0.2, 0) is 17.8 Å². The fourth-order valence-electron chi connectivity index (χ4n) is 3.19. The number of aryl methyl sites for hydroxylation is 2. The Labute approximate surface area is 172 Å². The first kappa shape index (κ1) is 21.8.